The molecule has 32 heavy (non-hydrogen) atoms. The van der Waals surface area contributed by atoms with E-state index in [1.165, 1.54) is 11.8 Å². The number of hydrogen-bond donors (Lipinski definition) is 1. The quantitative estimate of drug-likeness (QED) is 0.577. The summed E-state index contributed by atoms with van der Waals surface area (Å²) in [6, 6.07) is 6.87. The molecule has 174 valence electrons. The zero-order chi connectivity index (χ0) is 22.9. The number of nitrogens with one attached hydrogen (secondary N) is 1. The van der Waals surface area contributed by atoms with Crippen LogP contribution in [0.3, 0.4) is 0 Å². The molecule has 1 aliphatic heterocycles. The van der Waals surface area contributed by atoms with Crippen LogP contribution in [-0.4, -0.2) is 51.7 Å². The molecule has 1 aromatic heterocycles. The molecule has 1 unspecified atom stereocenters. The van der Waals surface area contributed by atoms with Gasteiger partial charge in [0.15, 0.2) is 5.16 Å². The minimum atomic E-state index is -3.48. The lowest BCUT2D eigenvalue weighted by atomic mass is 10.2. The van der Waals surface area contributed by atoms with Crippen molar-refractivity contribution >= 4 is 33.4 Å². The van der Waals surface area contributed by atoms with Gasteiger partial charge < -0.3 is 9.88 Å². The molecule has 4 rings (SSSR count). The minimum absolute atomic E-state index is 0.155. The van der Waals surface area contributed by atoms with Crippen LogP contribution in [-0.2, 0) is 14.8 Å². The second-order valence-corrected chi connectivity index (χ2v) is 12.1. The molecule has 8 nitrogen and oxygen atoms in total. The smallest absolute Gasteiger partial charge is 0.243 e. The van der Waals surface area contributed by atoms with E-state index in [0.717, 1.165) is 43.1 Å². The largest absolute Gasteiger partial charge is 0.325 e. The van der Waals surface area contributed by atoms with Gasteiger partial charge in [0, 0.05) is 30.7 Å². The van der Waals surface area contributed by atoms with Crippen LogP contribution >= 0.6 is 11.8 Å². The van der Waals surface area contributed by atoms with Crippen molar-refractivity contribution in [2.75, 3.05) is 18.4 Å². The number of benzene rings is 1. The Kier molecular flexibility index (Phi) is 6.92. The molecule has 1 amide bonds. The van der Waals surface area contributed by atoms with Gasteiger partial charge in [0.2, 0.25) is 15.9 Å². The summed E-state index contributed by atoms with van der Waals surface area (Å²) >= 11 is 1.41. The van der Waals surface area contributed by atoms with Gasteiger partial charge in [-0.15, -0.1) is 10.2 Å². The standard InChI is InChI=1S/C22H31N5O3S2/c1-15(2)20-24-25-22(27(20)18-9-10-18)31-16(3)21(28)23-17-7-11-19(12-8-17)32(29,30)26-13-5-4-6-14-26/h7-8,11-12,15-16,18H,4-6,9-10,13-14H2,1-3H3,(H,23,28). The molecule has 2 fully saturated rings. The van der Waals surface area contributed by atoms with E-state index < -0.39 is 10.0 Å². The summed E-state index contributed by atoms with van der Waals surface area (Å²) in [7, 11) is -3.48. The van der Waals surface area contributed by atoms with E-state index in [2.05, 4.69) is 33.9 Å². The molecule has 1 aliphatic carbocycles. The first-order valence-corrected chi connectivity index (χ1v) is 13.6. The van der Waals surface area contributed by atoms with Crippen LogP contribution in [0.5, 0.6) is 0 Å². The molecule has 0 radical (unpaired) electrons. The molecular weight excluding hydrogens is 446 g/mol. The van der Waals surface area contributed by atoms with Crippen molar-refractivity contribution in [2.45, 2.75) is 80.1 Å². The first-order valence-electron chi connectivity index (χ1n) is 11.3. The van der Waals surface area contributed by atoms with Crippen molar-refractivity contribution in [1.29, 1.82) is 0 Å². The van der Waals surface area contributed by atoms with Gasteiger partial charge in [0.05, 0.1) is 10.1 Å². The second kappa shape index (κ2) is 9.52. The van der Waals surface area contributed by atoms with Crippen LogP contribution in [0, 0.1) is 0 Å². The van der Waals surface area contributed by atoms with E-state index in [1.54, 1.807) is 28.6 Å². The molecule has 1 saturated heterocycles. The summed E-state index contributed by atoms with van der Waals surface area (Å²) in [5.74, 6) is 1.09. The van der Waals surface area contributed by atoms with Crippen molar-refractivity contribution in [3.8, 4) is 0 Å². The molecule has 2 aliphatic rings. The van der Waals surface area contributed by atoms with E-state index in [1.807, 2.05) is 6.92 Å². The summed E-state index contributed by atoms with van der Waals surface area (Å²) in [6.45, 7) is 7.18. The normalized spacial score (nSPS) is 18.6. The predicted molar refractivity (Wildman–Crippen MR) is 125 cm³/mol. The van der Waals surface area contributed by atoms with Gasteiger partial charge >= 0.3 is 0 Å². The van der Waals surface area contributed by atoms with Gasteiger partial charge in [-0.2, -0.15) is 4.31 Å². The first kappa shape index (κ1) is 23.3. The van der Waals surface area contributed by atoms with E-state index in [0.29, 0.717) is 24.8 Å². The minimum Gasteiger partial charge on any atom is -0.325 e. The lowest BCUT2D eigenvalue weighted by Crippen LogP contribution is -2.35. The zero-order valence-electron chi connectivity index (χ0n) is 18.8. The van der Waals surface area contributed by atoms with Crippen LogP contribution < -0.4 is 5.32 Å². The van der Waals surface area contributed by atoms with E-state index >= 15 is 0 Å². The summed E-state index contributed by atoms with van der Waals surface area (Å²) in [6.07, 6.45) is 5.12. The van der Waals surface area contributed by atoms with Gasteiger partial charge in [-0.25, -0.2) is 8.42 Å². The van der Waals surface area contributed by atoms with Gasteiger partial charge in [-0.1, -0.05) is 32.0 Å². The molecule has 1 saturated carbocycles. The molecule has 2 heterocycles. The fourth-order valence-electron chi connectivity index (χ4n) is 3.86. The SMILES string of the molecule is CC(Sc1nnc(C(C)C)n1C1CC1)C(=O)Nc1ccc(S(=O)(=O)N2CCCCC2)cc1. The number of thioether (sulfide) groups is 1. The summed E-state index contributed by atoms with van der Waals surface area (Å²) in [4.78, 5) is 13.0. The molecule has 2 aromatic rings. The van der Waals surface area contributed by atoms with Gasteiger partial charge in [0.1, 0.15) is 5.82 Å². The van der Waals surface area contributed by atoms with Crippen LogP contribution in [0.4, 0.5) is 5.69 Å². The Morgan fingerprint density at radius 3 is 2.31 bits per heavy atom. The molecular formula is C22H31N5O3S2. The van der Waals surface area contributed by atoms with Gasteiger partial charge in [0.25, 0.3) is 0 Å². The van der Waals surface area contributed by atoms with Gasteiger partial charge in [-0.3, -0.25) is 4.79 Å². The number of piperidine rings is 1. The van der Waals surface area contributed by atoms with Crippen LogP contribution in [0.15, 0.2) is 34.3 Å². The Bertz CT molecular complexity index is 1060. The van der Waals surface area contributed by atoms with Crippen molar-refractivity contribution in [1.82, 2.24) is 19.1 Å². The Hall–Kier alpha value is -1.91. The molecule has 1 N–H and O–H groups in total. The highest BCUT2D eigenvalue weighted by Crippen LogP contribution is 2.40. The second-order valence-electron chi connectivity index (χ2n) is 8.84. The molecule has 1 aromatic carbocycles. The van der Waals surface area contributed by atoms with Crippen molar-refractivity contribution < 1.29 is 13.2 Å². The van der Waals surface area contributed by atoms with Crippen LogP contribution in [0.25, 0.3) is 0 Å². The number of sulfonamides is 1. The molecule has 1 atom stereocenters. The third-order valence-electron chi connectivity index (χ3n) is 5.85. The lowest BCUT2D eigenvalue weighted by molar-refractivity contribution is -0.115. The zero-order valence-corrected chi connectivity index (χ0v) is 20.5. The average Bonchev–Trinajstić information content (AvgIpc) is 3.54. The molecule has 0 bridgehead atoms. The summed E-state index contributed by atoms with van der Waals surface area (Å²) in [5, 5.41) is 12.0. The maximum atomic E-state index is 12.8. The predicted octanol–water partition coefficient (Wildman–Crippen LogP) is 4.03. The number of rotatable bonds is 8. The number of carbonyl (C=O) groups is 1. The first-order chi connectivity index (χ1) is 15.3. The number of nitrogens with zero attached hydrogens (tertiary/aromatic N) is 4. The molecule has 0 spiro atoms. The van der Waals surface area contributed by atoms with Crippen molar-refractivity contribution in [3.63, 3.8) is 0 Å². The monoisotopic (exact) mass is 477 g/mol. The van der Waals surface area contributed by atoms with Crippen molar-refractivity contribution in [2.24, 2.45) is 0 Å². The Morgan fingerprint density at radius 1 is 1.06 bits per heavy atom. The van der Waals surface area contributed by atoms with Crippen molar-refractivity contribution in [3.05, 3.63) is 30.1 Å². The Labute approximate surface area is 194 Å². The highest BCUT2D eigenvalue weighted by atomic mass is 32.2. The Morgan fingerprint density at radius 2 is 1.72 bits per heavy atom. The number of hydrogen-bond acceptors (Lipinski definition) is 6. The maximum absolute atomic E-state index is 12.8. The number of amides is 1. The lowest BCUT2D eigenvalue weighted by Gasteiger charge is -2.25. The highest BCUT2D eigenvalue weighted by Gasteiger charge is 2.32. The van der Waals surface area contributed by atoms with E-state index in [-0.39, 0.29) is 22.0 Å². The summed E-state index contributed by atoms with van der Waals surface area (Å²) < 4.78 is 29.3. The Balaban J connectivity index is 1.40. The number of anilines is 1. The van der Waals surface area contributed by atoms with E-state index in [4.69, 9.17) is 0 Å². The fourth-order valence-corrected chi connectivity index (χ4v) is 6.30. The maximum Gasteiger partial charge on any atom is 0.243 e. The fraction of sp³-hybridized carbons (Fsp3) is 0.591. The average molecular weight is 478 g/mol. The third kappa shape index (κ3) is 5.02. The highest BCUT2D eigenvalue weighted by molar-refractivity contribution is 8.00. The molecule has 10 heteroatoms. The topological polar surface area (TPSA) is 97.2 Å². The summed E-state index contributed by atoms with van der Waals surface area (Å²) in [5.41, 5.74) is 0.576. The third-order valence-corrected chi connectivity index (χ3v) is 8.82. The van der Waals surface area contributed by atoms with Gasteiger partial charge in [-0.05, 0) is 56.9 Å². The number of aromatic nitrogens is 3. The van der Waals surface area contributed by atoms with E-state index in [9.17, 15) is 13.2 Å². The van der Waals surface area contributed by atoms with Crippen LogP contribution in [0.2, 0.25) is 0 Å². The number of carbonyl (C=O) groups excluding carboxylic acids is 1. The van der Waals surface area contributed by atoms with Crippen LogP contribution in [0.1, 0.15) is 70.7 Å².